The highest BCUT2D eigenvalue weighted by molar-refractivity contribution is 5.94. The van der Waals surface area contributed by atoms with Gasteiger partial charge in [0.25, 0.3) is 5.91 Å². The van der Waals surface area contributed by atoms with E-state index in [-0.39, 0.29) is 11.9 Å². The fourth-order valence-electron chi connectivity index (χ4n) is 2.71. The van der Waals surface area contributed by atoms with Crippen LogP contribution in [0.5, 0.6) is 0 Å². The van der Waals surface area contributed by atoms with Crippen molar-refractivity contribution in [1.82, 2.24) is 19.9 Å². The molecule has 1 aliphatic rings. The molecule has 116 valence electrons. The van der Waals surface area contributed by atoms with Crippen LogP contribution in [0.4, 0.5) is 0 Å². The molecule has 1 unspecified atom stereocenters. The van der Waals surface area contributed by atoms with Gasteiger partial charge in [-0.25, -0.2) is 0 Å². The average molecular weight is 300 g/mol. The van der Waals surface area contributed by atoms with Crippen molar-refractivity contribution in [2.24, 2.45) is 0 Å². The first-order chi connectivity index (χ1) is 10.6. The lowest BCUT2D eigenvalue weighted by Gasteiger charge is -2.36. The van der Waals surface area contributed by atoms with E-state index in [1.54, 1.807) is 0 Å². The fourth-order valence-corrected chi connectivity index (χ4v) is 2.71. The molecule has 1 amide bonds. The lowest BCUT2D eigenvalue weighted by molar-refractivity contribution is 0.0551. The summed E-state index contributed by atoms with van der Waals surface area (Å²) in [6.45, 7) is 6.91. The van der Waals surface area contributed by atoms with Crippen LogP contribution in [0.25, 0.3) is 0 Å². The normalized spacial score (nSPS) is 17.5. The molecule has 1 aromatic heterocycles. The van der Waals surface area contributed by atoms with E-state index >= 15 is 0 Å². The smallest absolute Gasteiger partial charge is 0.253 e. The number of hydrogen-bond donors (Lipinski definition) is 0. The molecule has 2 heterocycles. The van der Waals surface area contributed by atoms with Crippen LogP contribution in [0.3, 0.4) is 0 Å². The predicted octanol–water partition coefficient (Wildman–Crippen LogP) is 1.90. The largest absolute Gasteiger partial charge is 0.338 e. The second-order valence-electron chi connectivity index (χ2n) is 5.55. The van der Waals surface area contributed by atoms with Gasteiger partial charge in [0.05, 0.1) is 6.04 Å². The van der Waals surface area contributed by atoms with Crippen molar-refractivity contribution in [3.05, 3.63) is 47.6 Å². The highest BCUT2D eigenvalue weighted by atomic mass is 16.5. The molecule has 0 N–H and O–H groups in total. The Morgan fingerprint density at radius 2 is 1.86 bits per heavy atom. The average Bonchev–Trinajstić information content (AvgIpc) is 3.01. The number of piperazine rings is 1. The third-order valence-corrected chi connectivity index (χ3v) is 4.07. The molecular weight excluding hydrogens is 280 g/mol. The number of nitrogens with zero attached hydrogens (tertiary/aromatic N) is 4. The summed E-state index contributed by atoms with van der Waals surface area (Å²) in [6.07, 6.45) is 0. The molecule has 0 bridgehead atoms. The quantitative estimate of drug-likeness (QED) is 0.866. The van der Waals surface area contributed by atoms with E-state index in [0.29, 0.717) is 24.8 Å². The van der Waals surface area contributed by atoms with Crippen molar-refractivity contribution in [2.45, 2.75) is 19.9 Å². The molecule has 0 aliphatic carbocycles. The molecule has 1 aliphatic heterocycles. The van der Waals surface area contributed by atoms with E-state index in [0.717, 1.165) is 18.7 Å². The van der Waals surface area contributed by atoms with Gasteiger partial charge in [-0.1, -0.05) is 23.4 Å². The first-order valence-electron chi connectivity index (χ1n) is 7.54. The van der Waals surface area contributed by atoms with Crippen LogP contribution in [-0.4, -0.2) is 52.0 Å². The van der Waals surface area contributed by atoms with Crippen LogP contribution in [-0.2, 0) is 0 Å². The Kier molecular flexibility index (Phi) is 4.20. The Hall–Kier alpha value is -2.21. The zero-order valence-electron chi connectivity index (χ0n) is 12.9. The molecule has 0 saturated carbocycles. The molecule has 3 rings (SSSR count). The Morgan fingerprint density at radius 1 is 1.18 bits per heavy atom. The zero-order chi connectivity index (χ0) is 15.5. The SMILES string of the molecule is Cc1noc(C(C)N2CCN(C(=O)c3ccccc3)CC2)n1. The van der Waals surface area contributed by atoms with E-state index in [4.69, 9.17) is 4.52 Å². The second-order valence-corrected chi connectivity index (χ2v) is 5.55. The van der Waals surface area contributed by atoms with E-state index < -0.39 is 0 Å². The van der Waals surface area contributed by atoms with Gasteiger partial charge in [0.2, 0.25) is 5.89 Å². The highest BCUT2D eigenvalue weighted by Crippen LogP contribution is 2.20. The van der Waals surface area contributed by atoms with Gasteiger partial charge in [0, 0.05) is 31.7 Å². The van der Waals surface area contributed by atoms with Crippen LogP contribution >= 0.6 is 0 Å². The van der Waals surface area contributed by atoms with Gasteiger partial charge in [-0.3, -0.25) is 9.69 Å². The van der Waals surface area contributed by atoms with Crippen molar-refractivity contribution < 1.29 is 9.32 Å². The molecule has 1 saturated heterocycles. The summed E-state index contributed by atoms with van der Waals surface area (Å²) in [7, 11) is 0. The maximum atomic E-state index is 12.4. The number of rotatable bonds is 3. The lowest BCUT2D eigenvalue weighted by atomic mass is 10.1. The van der Waals surface area contributed by atoms with Crippen LogP contribution in [0.1, 0.15) is 35.0 Å². The standard InChI is InChI=1S/C16H20N4O2/c1-12(15-17-13(2)18-22-15)19-8-10-20(11-9-19)16(21)14-6-4-3-5-7-14/h3-7,12H,8-11H2,1-2H3. The number of hydrogen-bond acceptors (Lipinski definition) is 5. The molecule has 1 atom stereocenters. The van der Waals surface area contributed by atoms with E-state index in [1.165, 1.54) is 0 Å². The lowest BCUT2D eigenvalue weighted by Crippen LogP contribution is -2.49. The van der Waals surface area contributed by atoms with Crippen molar-refractivity contribution in [3.8, 4) is 0 Å². The Bertz CT molecular complexity index is 633. The summed E-state index contributed by atoms with van der Waals surface area (Å²) in [5.74, 6) is 1.39. The van der Waals surface area contributed by atoms with Crippen LogP contribution < -0.4 is 0 Å². The first kappa shape index (κ1) is 14.7. The van der Waals surface area contributed by atoms with Crippen LogP contribution in [0.15, 0.2) is 34.9 Å². The van der Waals surface area contributed by atoms with Gasteiger partial charge in [-0.05, 0) is 26.0 Å². The number of aryl methyl sites for hydroxylation is 1. The Labute approximate surface area is 129 Å². The van der Waals surface area contributed by atoms with E-state index in [1.807, 2.05) is 42.2 Å². The highest BCUT2D eigenvalue weighted by Gasteiger charge is 2.27. The minimum absolute atomic E-state index is 0.0789. The van der Waals surface area contributed by atoms with Gasteiger partial charge in [-0.2, -0.15) is 4.98 Å². The van der Waals surface area contributed by atoms with Gasteiger partial charge in [-0.15, -0.1) is 0 Å². The number of carbonyl (C=O) groups excluding carboxylic acids is 1. The third kappa shape index (κ3) is 3.01. The summed E-state index contributed by atoms with van der Waals surface area (Å²) in [6, 6.07) is 9.50. The molecule has 22 heavy (non-hydrogen) atoms. The molecule has 0 radical (unpaired) electrons. The summed E-state index contributed by atoms with van der Waals surface area (Å²) >= 11 is 0. The van der Waals surface area contributed by atoms with Gasteiger partial charge in [0.15, 0.2) is 5.82 Å². The molecular formula is C16H20N4O2. The molecule has 6 nitrogen and oxygen atoms in total. The van der Waals surface area contributed by atoms with Crippen molar-refractivity contribution in [2.75, 3.05) is 26.2 Å². The van der Waals surface area contributed by atoms with Crippen molar-refractivity contribution in [3.63, 3.8) is 0 Å². The summed E-state index contributed by atoms with van der Waals surface area (Å²) < 4.78 is 5.24. The third-order valence-electron chi connectivity index (χ3n) is 4.07. The Morgan fingerprint density at radius 3 is 2.45 bits per heavy atom. The molecule has 1 fully saturated rings. The van der Waals surface area contributed by atoms with Crippen molar-refractivity contribution in [1.29, 1.82) is 0 Å². The minimum Gasteiger partial charge on any atom is -0.338 e. The number of amides is 1. The van der Waals surface area contributed by atoms with Gasteiger partial charge >= 0.3 is 0 Å². The topological polar surface area (TPSA) is 62.5 Å². The maximum Gasteiger partial charge on any atom is 0.253 e. The van der Waals surface area contributed by atoms with Crippen LogP contribution in [0.2, 0.25) is 0 Å². The number of carbonyl (C=O) groups is 1. The summed E-state index contributed by atoms with van der Waals surface area (Å²) in [5, 5.41) is 3.84. The summed E-state index contributed by atoms with van der Waals surface area (Å²) in [4.78, 5) is 20.9. The van der Waals surface area contributed by atoms with Gasteiger partial charge < -0.3 is 9.42 Å². The van der Waals surface area contributed by atoms with E-state index in [9.17, 15) is 4.79 Å². The van der Waals surface area contributed by atoms with Gasteiger partial charge in [0.1, 0.15) is 0 Å². The number of aromatic nitrogens is 2. The molecule has 2 aromatic rings. The predicted molar refractivity (Wildman–Crippen MR) is 81.4 cm³/mol. The van der Waals surface area contributed by atoms with Crippen molar-refractivity contribution >= 4 is 5.91 Å². The molecule has 0 spiro atoms. The second kappa shape index (κ2) is 6.27. The monoisotopic (exact) mass is 300 g/mol. The van der Waals surface area contributed by atoms with E-state index in [2.05, 4.69) is 22.0 Å². The first-order valence-corrected chi connectivity index (χ1v) is 7.54. The maximum absolute atomic E-state index is 12.4. The Balaban J connectivity index is 1.59. The fraction of sp³-hybridized carbons (Fsp3) is 0.438. The number of benzene rings is 1. The zero-order valence-corrected chi connectivity index (χ0v) is 12.9. The van der Waals surface area contributed by atoms with Crippen LogP contribution in [0, 0.1) is 6.92 Å². The molecule has 6 heteroatoms. The molecule has 1 aromatic carbocycles. The summed E-state index contributed by atoms with van der Waals surface area (Å²) in [5.41, 5.74) is 0.747. The minimum atomic E-state index is 0.0789.